The molecule has 0 spiro atoms. The minimum Gasteiger partial charge on any atom is -0.434 e. The molecule has 0 atom stereocenters. The number of hydrogen-bond acceptors (Lipinski definition) is 6. The lowest BCUT2D eigenvalue weighted by molar-refractivity contribution is 0.462. The number of hydrogen-bond donors (Lipinski definition) is 3. The first-order chi connectivity index (χ1) is 9.02. The third kappa shape index (κ3) is 2.60. The Labute approximate surface area is 121 Å². The summed E-state index contributed by atoms with van der Waals surface area (Å²) in [6.45, 7) is 0. The van der Waals surface area contributed by atoms with E-state index in [0.717, 1.165) is 0 Å². The standard InChI is InChI=1S/C11H8IN5O2/c12-6-1-5(3-13)2-7(14)9(6)19-11-8(15)10(18)16-4-17-11/h1-2,4H,14-15H2,(H,16,17,18). The molecule has 5 N–H and O–H groups in total. The highest BCUT2D eigenvalue weighted by atomic mass is 127. The van der Waals surface area contributed by atoms with Gasteiger partial charge in [0.05, 0.1) is 27.2 Å². The van der Waals surface area contributed by atoms with Crippen LogP contribution >= 0.6 is 22.6 Å². The maximum Gasteiger partial charge on any atom is 0.277 e. The van der Waals surface area contributed by atoms with Crippen LogP contribution < -0.4 is 21.8 Å². The molecule has 8 heteroatoms. The van der Waals surface area contributed by atoms with Gasteiger partial charge in [-0.1, -0.05) is 0 Å². The van der Waals surface area contributed by atoms with Crippen LogP contribution in [-0.2, 0) is 0 Å². The van der Waals surface area contributed by atoms with E-state index in [0.29, 0.717) is 14.9 Å². The summed E-state index contributed by atoms with van der Waals surface area (Å²) in [5.74, 6) is 0.280. The summed E-state index contributed by atoms with van der Waals surface area (Å²) in [6.07, 6.45) is 1.18. The monoisotopic (exact) mass is 369 g/mol. The van der Waals surface area contributed by atoms with Crippen molar-refractivity contribution in [2.45, 2.75) is 0 Å². The summed E-state index contributed by atoms with van der Waals surface area (Å²) in [4.78, 5) is 17.5. The number of nitriles is 1. The van der Waals surface area contributed by atoms with Gasteiger partial charge >= 0.3 is 0 Å². The number of anilines is 2. The number of nitrogens with zero attached hydrogens (tertiary/aromatic N) is 2. The number of aromatic amines is 1. The maximum absolute atomic E-state index is 11.3. The highest BCUT2D eigenvalue weighted by Gasteiger charge is 2.13. The molecule has 0 amide bonds. The van der Waals surface area contributed by atoms with E-state index in [2.05, 4.69) is 9.97 Å². The predicted octanol–water partition coefficient (Wildman–Crippen LogP) is 1.20. The van der Waals surface area contributed by atoms with Crippen molar-refractivity contribution >= 4 is 34.0 Å². The second-order valence-corrected chi connectivity index (χ2v) is 4.70. The zero-order chi connectivity index (χ0) is 14.0. The molecule has 0 fully saturated rings. The van der Waals surface area contributed by atoms with Crippen LogP contribution in [0.3, 0.4) is 0 Å². The largest absolute Gasteiger partial charge is 0.434 e. The number of ether oxygens (including phenoxy) is 1. The maximum atomic E-state index is 11.3. The van der Waals surface area contributed by atoms with E-state index in [1.807, 2.05) is 28.7 Å². The van der Waals surface area contributed by atoms with Crippen molar-refractivity contribution in [3.8, 4) is 17.7 Å². The fourth-order valence-electron chi connectivity index (χ4n) is 1.36. The summed E-state index contributed by atoms with van der Waals surface area (Å²) in [5, 5.41) is 8.82. The molecule has 0 aliphatic carbocycles. The van der Waals surface area contributed by atoms with Crippen LogP contribution in [0.2, 0.25) is 0 Å². The number of halogens is 1. The fraction of sp³-hybridized carbons (Fsp3) is 0. The topological polar surface area (TPSA) is 131 Å². The SMILES string of the molecule is N#Cc1cc(N)c(Oc2nc[nH]c(=O)c2N)c(I)c1. The van der Waals surface area contributed by atoms with Crippen LogP contribution in [0, 0.1) is 14.9 Å². The minimum atomic E-state index is -0.493. The second kappa shape index (κ2) is 5.15. The molecule has 0 aliphatic heterocycles. The Kier molecular flexibility index (Phi) is 3.57. The molecule has 1 heterocycles. The summed E-state index contributed by atoms with van der Waals surface area (Å²) in [6, 6.07) is 5.06. The molecule has 96 valence electrons. The number of H-pyrrole nitrogens is 1. The molecule has 7 nitrogen and oxygen atoms in total. The summed E-state index contributed by atoms with van der Waals surface area (Å²) >= 11 is 1.97. The van der Waals surface area contributed by atoms with Gasteiger partial charge in [0.15, 0.2) is 11.4 Å². The second-order valence-electron chi connectivity index (χ2n) is 3.54. The van der Waals surface area contributed by atoms with Gasteiger partial charge in [0, 0.05) is 0 Å². The van der Waals surface area contributed by atoms with Crippen LogP contribution in [0.4, 0.5) is 11.4 Å². The lowest BCUT2D eigenvalue weighted by Crippen LogP contribution is -2.13. The van der Waals surface area contributed by atoms with Crippen LogP contribution in [0.15, 0.2) is 23.3 Å². The summed E-state index contributed by atoms with van der Waals surface area (Å²) < 4.78 is 6.07. The molecule has 2 rings (SSSR count). The molecule has 1 aromatic heterocycles. The molecule has 0 radical (unpaired) electrons. The Hall–Kier alpha value is -2.28. The first-order valence-corrected chi connectivity index (χ1v) is 6.11. The fourth-order valence-corrected chi connectivity index (χ4v) is 2.12. The van der Waals surface area contributed by atoms with Crippen molar-refractivity contribution in [1.82, 2.24) is 9.97 Å². The van der Waals surface area contributed by atoms with Crippen molar-refractivity contribution < 1.29 is 4.74 Å². The van der Waals surface area contributed by atoms with Crippen LogP contribution in [-0.4, -0.2) is 9.97 Å². The molecule has 0 bridgehead atoms. The van der Waals surface area contributed by atoms with Gasteiger partial charge < -0.3 is 21.2 Å². The quantitative estimate of drug-likeness (QED) is 0.539. The number of benzene rings is 1. The zero-order valence-corrected chi connectivity index (χ0v) is 11.6. The smallest absolute Gasteiger partial charge is 0.277 e. The normalized spacial score (nSPS) is 9.89. The first kappa shape index (κ1) is 13.2. The average molecular weight is 369 g/mol. The third-order valence-corrected chi connectivity index (χ3v) is 3.05. The van der Waals surface area contributed by atoms with Crippen LogP contribution in [0.1, 0.15) is 5.56 Å². The highest BCUT2D eigenvalue weighted by molar-refractivity contribution is 14.1. The lowest BCUT2D eigenvalue weighted by atomic mass is 10.2. The Morgan fingerprint density at radius 1 is 1.42 bits per heavy atom. The number of rotatable bonds is 2. The van der Waals surface area contributed by atoms with E-state index in [9.17, 15) is 4.79 Å². The number of nitrogens with two attached hydrogens (primary N) is 2. The summed E-state index contributed by atoms with van der Waals surface area (Å²) in [7, 11) is 0. The van der Waals surface area contributed by atoms with Gasteiger partial charge in [0.2, 0.25) is 5.88 Å². The molecule has 1 aromatic carbocycles. The molecule has 2 aromatic rings. The zero-order valence-electron chi connectivity index (χ0n) is 9.48. The Morgan fingerprint density at radius 2 is 2.16 bits per heavy atom. The average Bonchev–Trinajstić information content (AvgIpc) is 2.38. The minimum absolute atomic E-state index is 0.0296. The van der Waals surface area contributed by atoms with E-state index in [1.165, 1.54) is 12.4 Å². The molecule has 0 aliphatic rings. The molecule has 0 saturated carbocycles. The third-order valence-electron chi connectivity index (χ3n) is 2.25. The van der Waals surface area contributed by atoms with Gasteiger partial charge in [-0.2, -0.15) is 5.26 Å². The van der Waals surface area contributed by atoms with Gasteiger partial charge in [0.1, 0.15) is 0 Å². The Balaban J connectivity index is 2.48. The van der Waals surface area contributed by atoms with Crippen LogP contribution in [0.5, 0.6) is 11.6 Å². The number of aromatic nitrogens is 2. The van der Waals surface area contributed by atoms with Gasteiger partial charge in [-0.25, -0.2) is 4.98 Å². The highest BCUT2D eigenvalue weighted by Crippen LogP contribution is 2.33. The Morgan fingerprint density at radius 3 is 2.79 bits per heavy atom. The lowest BCUT2D eigenvalue weighted by Gasteiger charge is -2.10. The van der Waals surface area contributed by atoms with Gasteiger partial charge in [0.25, 0.3) is 5.56 Å². The van der Waals surface area contributed by atoms with Gasteiger partial charge in [-0.3, -0.25) is 4.79 Å². The summed E-state index contributed by atoms with van der Waals surface area (Å²) in [5.41, 5.74) is 11.4. The van der Waals surface area contributed by atoms with Crippen molar-refractivity contribution in [3.63, 3.8) is 0 Å². The van der Waals surface area contributed by atoms with Crippen molar-refractivity contribution in [2.24, 2.45) is 0 Å². The predicted molar refractivity (Wildman–Crippen MR) is 77.6 cm³/mol. The van der Waals surface area contributed by atoms with Crippen molar-refractivity contribution in [3.05, 3.63) is 37.9 Å². The molecular weight excluding hydrogens is 361 g/mol. The van der Waals surface area contributed by atoms with Crippen molar-refractivity contribution in [1.29, 1.82) is 5.26 Å². The molecule has 19 heavy (non-hydrogen) atoms. The van der Waals surface area contributed by atoms with Crippen molar-refractivity contribution in [2.75, 3.05) is 11.5 Å². The number of nitrogens with one attached hydrogen (secondary N) is 1. The number of nitrogen functional groups attached to an aromatic ring is 2. The van der Waals surface area contributed by atoms with Gasteiger partial charge in [-0.05, 0) is 34.7 Å². The van der Waals surface area contributed by atoms with E-state index >= 15 is 0 Å². The van der Waals surface area contributed by atoms with E-state index in [4.69, 9.17) is 21.5 Å². The molecule has 0 saturated heterocycles. The Bertz CT molecular complexity index is 712. The molecular formula is C11H8IN5O2. The molecule has 0 unspecified atom stereocenters. The van der Waals surface area contributed by atoms with E-state index in [1.54, 1.807) is 6.07 Å². The van der Waals surface area contributed by atoms with E-state index < -0.39 is 5.56 Å². The first-order valence-electron chi connectivity index (χ1n) is 5.03. The van der Waals surface area contributed by atoms with E-state index in [-0.39, 0.29) is 17.3 Å². The van der Waals surface area contributed by atoms with Crippen LogP contribution in [0.25, 0.3) is 0 Å². The van der Waals surface area contributed by atoms with Gasteiger partial charge in [-0.15, -0.1) is 0 Å².